The normalized spacial score (nSPS) is 23.6. The Hall–Kier alpha value is -1.26. The van der Waals surface area contributed by atoms with Gasteiger partial charge in [-0.25, -0.2) is 0 Å². The van der Waals surface area contributed by atoms with Gasteiger partial charge in [0, 0.05) is 0 Å². The van der Waals surface area contributed by atoms with E-state index in [0.29, 0.717) is 0 Å². The zero-order valence-electron chi connectivity index (χ0n) is 13.9. The lowest BCUT2D eigenvalue weighted by Crippen LogP contribution is -3.29. The van der Waals surface area contributed by atoms with E-state index in [9.17, 15) is 0 Å². The molecule has 2 rings (SSSR count). The standard InChI is InChI=1S/C17H28N2O2/c1-5-14(2)19-11-9-18(10-12-19)13-15-7-6-8-16(20-3)17(15)21-4/h6-8,14H,5,9-13H2,1-4H3/p+2/t14-/m0/s1. The molecule has 4 nitrogen and oxygen atoms in total. The lowest BCUT2D eigenvalue weighted by Gasteiger charge is -2.33. The number of nitrogens with one attached hydrogen (secondary N) is 2. The molecule has 1 aliphatic rings. The van der Waals surface area contributed by atoms with Crippen LogP contribution in [0.1, 0.15) is 25.8 Å². The SMILES string of the molecule is CC[C@H](C)[NH+]1CC[NH+](Cc2cccc(OC)c2OC)CC1. The number of hydrogen-bond donors (Lipinski definition) is 2. The Labute approximate surface area is 128 Å². The van der Waals surface area contributed by atoms with Crippen molar-refractivity contribution in [1.82, 2.24) is 0 Å². The number of rotatable bonds is 6. The van der Waals surface area contributed by atoms with E-state index in [2.05, 4.69) is 26.0 Å². The molecule has 0 radical (unpaired) electrons. The van der Waals surface area contributed by atoms with Crippen LogP contribution in [0.3, 0.4) is 0 Å². The van der Waals surface area contributed by atoms with Gasteiger partial charge in [-0.1, -0.05) is 13.0 Å². The van der Waals surface area contributed by atoms with Crippen LogP contribution in [-0.4, -0.2) is 46.4 Å². The third kappa shape index (κ3) is 3.89. The quantitative estimate of drug-likeness (QED) is 0.759. The van der Waals surface area contributed by atoms with Crippen LogP contribution in [0.2, 0.25) is 0 Å². The molecule has 1 aromatic carbocycles. The van der Waals surface area contributed by atoms with Crippen LogP contribution in [0.15, 0.2) is 18.2 Å². The van der Waals surface area contributed by atoms with Crippen LogP contribution in [0, 0.1) is 0 Å². The minimum atomic E-state index is 0.790. The molecule has 0 bridgehead atoms. The van der Waals surface area contributed by atoms with Crippen LogP contribution in [-0.2, 0) is 6.54 Å². The zero-order chi connectivity index (χ0) is 15.2. The summed E-state index contributed by atoms with van der Waals surface area (Å²) in [4.78, 5) is 3.41. The monoisotopic (exact) mass is 294 g/mol. The fraction of sp³-hybridized carbons (Fsp3) is 0.647. The van der Waals surface area contributed by atoms with E-state index in [1.165, 1.54) is 38.2 Å². The molecule has 1 aliphatic heterocycles. The van der Waals surface area contributed by atoms with Crippen molar-refractivity contribution in [3.63, 3.8) is 0 Å². The second-order valence-corrected chi connectivity index (χ2v) is 6.05. The molecule has 0 aliphatic carbocycles. The Morgan fingerprint density at radius 3 is 2.38 bits per heavy atom. The van der Waals surface area contributed by atoms with Gasteiger partial charge >= 0.3 is 0 Å². The average Bonchev–Trinajstić information content (AvgIpc) is 2.54. The minimum Gasteiger partial charge on any atom is -0.493 e. The molecule has 4 heteroatoms. The van der Waals surface area contributed by atoms with Crippen LogP contribution in [0.25, 0.3) is 0 Å². The fourth-order valence-corrected chi connectivity index (χ4v) is 3.25. The summed E-state index contributed by atoms with van der Waals surface area (Å²) in [7, 11) is 3.42. The molecule has 1 aromatic rings. The third-order valence-electron chi connectivity index (χ3n) is 4.83. The van der Waals surface area contributed by atoms with Gasteiger partial charge in [0.2, 0.25) is 0 Å². The van der Waals surface area contributed by atoms with E-state index in [4.69, 9.17) is 9.47 Å². The van der Waals surface area contributed by atoms with Crippen LogP contribution in [0.5, 0.6) is 11.5 Å². The second kappa shape index (κ2) is 7.66. The Morgan fingerprint density at radius 2 is 1.81 bits per heavy atom. The molecular weight excluding hydrogens is 264 g/mol. The molecule has 1 atom stereocenters. The Bertz CT molecular complexity index is 442. The molecule has 21 heavy (non-hydrogen) atoms. The van der Waals surface area contributed by atoms with Gasteiger partial charge in [0.1, 0.15) is 32.7 Å². The Kier molecular flexibility index (Phi) is 5.88. The highest BCUT2D eigenvalue weighted by Gasteiger charge is 2.27. The van der Waals surface area contributed by atoms with E-state index in [0.717, 1.165) is 24.1 Å². The van der Waals surface area contributed by atoms with Crippen molar-refractivity contribution in [3.8, 4) is 11.5 Å². The first-order chi connectivity index (χ1) is 10.2. The van der Waals surface area contributed by atoms with Crippen molar-refractivity contribution in [3.05, 3.63) is 23.8 Å². The first-order valence-electron chi connectivity index (χ1n) is 8.07. The number of ether oxygens (including phenoxy) is 2. The summed E-state index contributed by atoms with van der Waals surface area (Å²) in [6.07, 6.45) is 1.27. The molecule has 0 spiro atoms. The van der Waals surface area contributed by atoms with Crippen molar-refractivity contribution in [2.24, 2.45) is 0 Å². The number of methoxy groups -OCH3 is 2. The number of para-hydroxylation sites is 1. The molecule has 2 N–H and O–H groups in total. The molecule has 1 fully saturated rings. The van der Waals surface area contributed by atoms with Gasteiger partial charge in [0.05, 0.1) is 25.8 Å². The van der Waals surface area contributed by atoms with Gasteiger partial charge < -0.3 is 19.3 Å². The zero-order valence-corrected chi connectivity index (χ0v) is 13.9. The molecular formula is C17H30N2O2+2. The summed E-state index contributed by atoms with van der Waals surface area (Å²) in [5.41, 5.74) is 1.25. The van der Waals surface area contributed by atoms with E-state index in [-0.39, 0.29) is 0 Å². The number of quaternary nitrogens is 2. The predicted octanol–water partition coefficient (Wildman–Crippen LogP) is -0.214. The molecule has 0 saturated carbocycles. The van der Waals surface area contributed by atoms with Crippen molar-refractivity contribution in [2.75, 3.05) is 40.4 Å². The molecule has 0 unspecified atom stereocenters. The minimum absolute atomic E-state index is 0.790. The lowest BCUT2D eigenvalue weighted by molar-refractivity contribution is -1.03. The van der Waals surface area contributed by atoms with Crippen molar-refractivity contribution < 1.29 is 19.3 Å². The lowest BCUT2D eigenvalue weighted by atomic mass is 10.1. The summed E-state index contributed by atoms with van der Waals surface area (Å²) in [6, 6.07) is 6.96. The maximum absolute atomic E-state index is 5.54. The summed E-state index contributed by atoms with van der Waals surface area (Å²) in [5.74, 6) is 1.72. The van der Waals surface area contributed by atoms with Gasteiger partial charge in [0.25, 0.3) is 0 Å². The van der Waals surface area contributed by atoms with E-state index < -0.39 is 0 Å². The summed E-state index contributed by atoms with van der Waals surface area (Å²) in [6.45, 7) is 10.7. The smallest absolute Gasteiger partial charge is 0.169 e. The van der Waals surface area contributed by atoms with Crippen LogP contribution < -0.4 is 19.3 Å². The highest BCUT2D eigenvalue weighted by molar-refractivity contribution is 5.46. The number of hydrogen-bond acceptors (Lipinski definition) is 2. The summed E-state index contributed by atoms with van der Waals surface area (Å²) in [5, 5.41) is 0. The van der Waals surface area contributed by atoms with E-state index in [1.807, 2.05) is 6.07 Å². The maximum atomic E-state index is 5.54. The van der Waals surface area contributed by atoms with Crippen LogP contribution >= 0.6 is 0 Å². The van der Waals surface area contributed by atoms with Gasteiger partial charge in [0.15, 0.2) is 11.5 Å². The van der Waals surface area contributed by atoms with E-state index >= 15 is 0 Å². The molecule has 118 valence electrons. The largest absolute Gasteiger partial charge is 0.493 e. The highest BCUT2D eigenvalue weighted by Crippen LogP contribution is 2.29. The predicted molar refractivity (Wildman–Crippen MR) is 84.4 cm³/mol. The fourth-order valence-electron chi connectivity index (χ4n) is 3.25. The average molecular weight is 294 g/mol. The highest BCUT2D eigenvalue weighted by atomic mass is 16.5. The topological polar surface area (TPSA) is 27.3 Å². The van der Waals surface area contributed by atoms with E-state index in [1.54, 1.807) is 24.0 Å². The summed E-state index contributed by atoms with van der Waals surface area (Å²) < 4.78 is 10.9. The summed E-state index contributed by atoms with van der Waals surface area (Å²) >= 11 is 0. The molecule has 0 aromatic heterocycles. The van der Waals surface area contributed by atoms with Gasteiger partial charge in [-0.05, 0) is 25.5 Å². The number of benzene rings is 1. The Morgan fingerprint density at radius 1 is 1.10 bits per heavy atom. The maximum Gasteiger partial charge on any atom is 0.169 e. The van der Waals surface area contributed by atoms with Gasteiger partial charge in [-0.3, -0.25) is 0 Å². The first-order valence-corrected chi connectivity index (χ1v) is 8.07. The Balaban J connectivity index is 1.98. The second-order valence-electron chi connectivity index (χ2n) is 6.05. The first kappa shape index (κ1) is 16.1. The van der Waals surface area contributed by atoms with Gasteiger partial charge in [-0.15, -0.1) is 0 Å². The van der Waals surface area contributed by atoms with Gasteiger partial charge in [-0.2, -0.15) is 0 Å². The number of piperazine rings is 1. The molecule has 0 amide bonds. The molecule has 1 saturated heterocycles. The van der Waals surface area contributed by atoms with Crippen molar-refractivity contribution >= 4 is 0 Å². The molecule has 1 heterocycles. The van der Waals surface area contributed by atoms with Crippen molar-refractivity contribution in [2.45, 2.75) is 32.9 Å². The third-order valence-corrected chi connectivity index (χ3v) is 4.83. The van der Waals surface area contributed by atoms with Crippen molar-refractivity contribution in [1.29, 1.82) is 0 Å². The van der Waals surface area contributed by atoms with Crippen LogP contribution in [0.4, 0.5) is 0 Å².